The van der Waals surface area contributed by atoms with Gasteiger partial charge in [0.2, 0.25) is 0 Å². The fourth-order valence-corrected chi connectivity index (χ4v) is 2.47. The van der Waals surface area contributed by atoms with Crippen LogP contribution in [0.1, 0.15) is 10.4 Å². The van der Waals surface area contributed by atoms with Gasteiger partial charge in [-0.1, -0.05) is 30.3 Å². The van der Waals surface area contributed by atoms with Crippen LogP contribution in [0, 0.1) is 0 Å². The third-order valence-corrected chi connectivity index (χ3v) is 3.99. The van der Waals surface area contributed by atoms with Crippen molar-refractivity contribution in [2.45, 2.75) is 4.90 Å². The van der Waals surface area contributed by atoms with Crippen molar-refractivity contribution in [2.24, 2.45) is 0 Å². The van der Waals surface area contributed by atoms with E-state index in [1.165, 1.54) is 12.1 Å². The molecule has 6 heteroatoms. The lowest BCUT2D eigenvalue weighted by Gasteiger charge is -2.10. The van der Waals surface area contributed by atoms with Gasteiger partial charge in [0.05, 0.1) is 12.8 Å². The van der Waals surface area contributed by atoms with Crippen LogP contribution >= 0.6 is 0 Å². The van der Waals surface area contributed by atoms with Crippen molar-refractivity contribution < 1.29 is 17.4 Å². The van der Waals surface area contributed by atoms with E-state index < -0.39 is 10.1 Å². The third kappa shape index (κ3) is 3.04. The predicted molar refractivity (Wildman–Crippen MR) is 75.0 cm³/mol. The van der Waals surface area contributed by atoms with Crippen molar-refractivity contribution in [1.82, 2.24) is 0 Å². The van der Waals surface area contributed by atoms with Gasteiger partial charge in [0.1, 0.15) is 4.90 Å². The topological polar surface area (TPSA) is 72.5 Å². The molecule has 0 saturated carbocycles. The predicted octanol–water partition coefficient (Wildman–Crippen LogP) is 2.27. The third-order valence-electron chi connectivity index (χ3n) is 2.66. The lowest BCUT2D eigenvalue weighted by molar-refractivity contribution is 0.102. The van der Waals surface area contributed by atoms with E-state index in [0.717, 1.165) is 7.11 Å². The maximum absolute atomic E-state index is 12.0. The van der Waals surface area contributed by atoms with Gasteiger partial charge in [0, 0.05) is 5.56 Å². The van der Waals surface area contributed by atoms with Crippen LogP contribution in [0.5, 0.6) is 0 Å². The molecule has 5 nitrogen and oxygen atoms in total. The molecule has 0 aliphatic rings. The van der Waals surface area contributed by atoms with E-state index in [2.05, 4.69) is 9.50 Å². The highest BCUT2D eigenvalue weighted by molar-refractivity contribution is 7.87. The molecule has 0 unspecified atom stereocenters. The Kier molecular flexibility index (Phi) is 4.16. The molecule has 1 amide bonds. The van der Waals surface area contributed by atoms with Crippen molar-refractivity contribution in [1.29, 1.82) is 0 Å². The summed E-state index contributed by atoms with van der Waals surface area (Å²) in [6.07, 6.45) is 0. The highest BCUT2D eigenvalue weighted by Gasteiger charge is 2.19. The average molecular weight is 291 g/mol. The Morgan fingerprint density at radius 1 is 1.00 bits per heavy atom. The summed E-state index contributed by atoms with van der Waals surface area (Å²) < 4.78 is 28.0. The Morgan fingerprint density at radius 3 is 2.25 bits per heavy atom. The molecule has 0 atom stereocenters. The van der Waals surface area contributed by atoms with Crippen LogP contribution in [0.15, 0.2) is 59.5 Å². The van der Waals surface area contributed by atoms with Gasteiger partial charge in [-0.2, -0.15) is 8.42 Å². The summed E-state index contributed by atoms with van der Waals surface area (Å²) in [5, 5.41) is 2.57. The summed E-state index contributed by atoms with van der Waals surface area (Å²) in [7, 11) is -2.80. The summed E-state index contributed by atoms with van der Waals surface area (Å²) in [4.78, 5) is 12.0. The molecule has 0 saturated heterocycles. The van der Waals surface area contributed by atoms with E-state index in [0.29, 0.717) is 5.56 Å². The van der Waals surface area contributed by atoms with Gasteiger partial charge in [-0.15, -0.1) is 0 Å². The molecular weight excluding hydrogens is 278 g/mol. The lowest BCUT2D eigenvalue weighted by Crippen LogP contribution is -2.15. The number of hydrogen-bond acceptors (Lipinski definition) is 4. The molecule has 0 radical (unpaired) electrons. The zero-order valence-corrected chi connectivity index (χ0v) is 11.6. The molecule has 2 aromatic rings. The number of hydrogen-bond donors (Lipinski definition) is 1. The van der Waals surface area contributed by atoms with Crippen molar-refractivity contribution in [3.8, 4) is 0 Å². The normalized spacial score (nSPS) is 11.1. The summed E-state index contributed by atoms with van der Waals surface area (Å²) in [5.41, 5.74) is 0.625. The number of benzene rings is 2. The Labute approximate surface area is 117 Å². The molecule has 0 aliphatic carbocycles. The first-order chi connectivity index (χ1) is 9.54. The van der Waals surface area contributed by atoms with Crippen LogP contribution in [0.2, 0.25) is 0 Å². The van der Waals surface area contributed by atoms with Gasteiger partial charge in [0.15, 0.2) is 0 Å². The Balaban J connectivity index is 2.34. The van der Waals surface area contributed by atoms with Gasteiger partial charge >= 0.3 is 0 Å². The lowest BCUT2D eigenvalue weighted by atomic mass is 10.2. The van der Waals surface area contributed by atoms with E-state index in [4.69, 9.17) is 0 Å². The molecule has 0 aromatic heterocycles. The second-order valence-electron chi connectivity index (χ2n) is 3.94. The molecule has 0 spiro atoms. The van der Waals surface area contributed by atoms with Gasteiger partial charge in [-0.05, 0) is 24.3 Å². The summed E-state index contributed by atoms with van der Waals surface area (Å²) in [6, 6.07) is 14.6. The fraction of sp³-hybridized carbons (Fsp3) is 0.0714. The van der Waals surface area contributed by atoms with Gasteiger partial charge in [0.25, 0.3) is 16.0 Å². The fourth-order valence-electron chi connectivity index (χ4n) is 1.66. The Bertz CT molecular complexity index is 711. The SMILES string of the molecule is COS(=O)(=O)c1ccccc1NC(=O)c1ccccc1. The Hall–Kier alpha value is -2.18. The number of amides is 1. The van der Waals surface area contributed by atoms with Crippen LogP contribution in [0.3, 0.4) is 0 Å². The largest absolute Gasteiger partial charge is 0.321 e. The summed E-state index contributed by atoms with van der Waals surface area (Å²) >= 11 is 0. The molecule has 0 fully saturated rings. The first-order valence-electron chi connectivity index (χ1n) is 5.80. The number of nitrogens with one attached hydrogen (secondary N) is 1. The quantitative estimate of drug-likeness (QED) is 0.877. The molecule has 104 valence electrons. The summed E-state index contributed by atoms with van der Waals surface area (Å²) in [6.45, 7) is 0. The van der Waals surface area contributed by atoms with E-state index in [-0.39, 0.29) is 16.5 Å². The van der Waals surface area contributed by atoms with Crippen LogP contribution in [-0.2, 0) is 14.3 Å². The highest BCUT2D eigenvalue weighted by atomic mass is 32.2. The standard InChI is InChI=1S/C14H13NO4S/c1-19-20(17,18)13-10-6-5-9-12(13)15-14(16)11-7-3-2-4-8-11/h2-10H,1H3,(H,15,16). The van der Waals surface area contributed by atoms with Crippen LogP contribution < -0.4 is 5.32 Å². The average Bonchev–Trinajstić information content (AvgIpc) is 2.48. The zero-order valence-electron chi connectivity index (χ0n) is 10.7. The maximum atomic E-state index is 12.0. The van der Waals surface area contributed by atoms with E-state index in [9.17, 15) is 13.2 Å². The van der Waals surface area contributed by atoms with Crippen molar-refractivity contribution in [2.75, 3.05) is 12.4 Å². The Morgan fingerprint density at radius 2 is 1.60 bits per heavy atom. The number of anilines is 1. The van der Waals surface area contributed by atoms with E-state index in [1.807, 2.05) is 0 Å². The monoisotopic (exact) mass is 291 g/mol. The number of rotatable bonds is 4. The second-order valence-corrected chi connectivity index (χ2v) is 5.62. The highest BCUT2D eigenvalue weighted by Crippen LogP contribution is 2.22. The molecule has 1 N–H and O–H groups in total. The second kappa shape index (κ2) is 5.85. The van der Waals surface area contributed by atoms with Gasteiger partial charge < -0.3 is 5.32 Å². The van der Waals surface area contributed by atoms with E-state index >= 15 is 0 Å². The van der Waals surface area contributed by atoms with Gasteiger partial charge in [-0.25, -0.2) is 0 Å². The minimum Gasteiger partial charge on any atom is -0.321 e. The maximum Gasteiger partial charge on any atom is 0.298 e. The number of para-hydroxylation sites is 1. The number of carbonyl (C=O) groups excluding carboxylic acids is 1. The zero-order chi connectivity index (χ0) is 14.6. The minimum absolute atomic E-state index is 0.0771. The first kappa shape index (κ1) is 14.2. The van der Waals surface area contributed by atoms with Crippen molar-refractivity contribution in [3.05, 3.63) is 60.2 Å². The smallest absolute Gasteiger partial charge is 0.298 e. The van der Waals surface area contributed by atoms with Crippen LogP contribution in [0.25, 0.3) is 0 Å². The molecule has 20 heavy (non-hydrogen) atoms. The molecule has 0 aliphatic heterocycles. The van der Waals surface area contributed by atoms with Crippen LogP contribution in [-0.4, -0.2) is 21.4 Å². The summed E-state index contributed by atoms with van der Waals surface area (Å²) in [5.74, 6) is -0.385. The van der Waals surface area contributed by atoms with Gasteiger partial charge in [-0.3, -0.25) is 8.98 Å². The first-order valence-corrected chi connectivity index (χ1v) is 7.21. The molecular formula is C14H13NO4S. The molecule has 0 heterocycles. The van der Waals surface area contributed by atoms with Crippen molar-refractivity contribution in [3.63, 3.8) is 0 Å². The molecule has 0 bridgehead atoms. The molecule has 2 rings (SSSR count). The van der Waals surface area contributed by atoms with E-state index in [1.54, 1.807) is 42.5 Å². The number of carbonyl (C=O) groups is 1. The molecule has 2 aromatic carbocycles. The van der Waals surface area contributed by atoms with Crippen molar-refractivity contribution >= 4 is 21.7 Å². The minimum atomic E-state index is -3.87. The van der Waals surface area contributed by atoms with Crippen LogP contribution in [0.4, 0.5) is 5.69 Å².